The Labute approximate surface area is 108 Å². The zero-order chi connectivity index (χ0) is 14.5. The lowest BCUT2D eigenvalue weighted by atomic mass is 10.0. The second-order valence-electron chi connectivity index (χ2n) is 3.84. The minimum Gasteiger partial charge on any atom is -0.411 e. The van der Waals surface area contributed by atoms with E-state index < -0.39 is 17.8 Å². The Morgan fingerprint density at radius 1 is 1.53 bits per heavy atom. The third-order valence-corrected chi connectivity index (χ3v) is 2.51. The lowest BCUT2D eigenvalue weighted by Gasteiger charge is -2.18. The van der Waals surface area contributed by atoms with E-state index in [1.165, 1.54) is 19.1 Å². The molecule has 0 aliphatic rings. The lowest BCUT2D eigenvalue weighted by Crippen LogP contribution is -2.28. The fourth-order valence-corrected chi connectivity index (χ4v) is 1.61. The molecule has 2 N–H and O–H groups in total. The van der Waals surface area contributed by atoms with Crippen molar-refractivity contribution in [3.05, 3.63) is 35.4 Å². The first kappa shape index (κ1) is 15.0. The molecule has 0 fully saturated rings. The largest absolute Gasteiger partial charge is 0.416 e. The van der Waals surface area contributed by atoms with Crippen LogP contribution in [0.25, 0.3) is 0 Å². The molecule has 0 radical (unpaired) electrons. The number of nitrogens with one attached hydrogen (secondary N) is 1. The summed E-state index contributed by atoms with van der Waals surface area (Å²) in [7, 11) is 0. The normalized spacial score (nSPS) is 13.9. The van der Waals surface area contributed by atoms with Crippen molar-refractivity contribution in [2.24, 2.45) is 5.16 Å². The number of halogens is 3. The van der Waals surface area contributed by atoms with Crippen LogP contribution in [0.4, 0.5) is 13.2 Å². The number of oxime groups is 1. The van der Waals surface area contributed by atoms with Crippen LogP contribution in [0.15, 0.2) is 29.4 Å². The number of alkyl halides is 3. The van der Waals surface area contributed by atoms with Gasteiger partial charge in [-0.3, -0.25) is 5.32 Å². The van der Waals surface area contributed by atoms with Crippen LogP contribution >= 0.6 is 0 Å². The molecule has 0 saturated carbocycles. The number of benzene rings is 1. The molecule has 1 aromatic carbocycles. The van der Waals surface area contributed by atoms with Gasteiger partial charge in [0.25, 0.3) is 0 Å². The van der Waals surface area contributed by atoms with E-state index >= 15 is 0 Å². The molecular formula is C12H12F3N3O. The molecule has 0 bridgehead atoms. The maximum atomic E-state index is 12.6. The highest BCUT2D eigenvalue weighted by molar-refractivity contribution is 5.88. The molecule has 7 heteroatoms. The highest BCUT2D eigenvalue weighted by atomic mass is 19.4. The van der Waals surface area contributed by atoms with Crippen molar-refractivity contribution in [3.63, 3.8) is 0 Å². The van der Waals surface area contributed by atoms with Crippen LogP contribution in [-0.4, -0.2) is 17.5 Å². The molecule has 0 saturated heterocycles. The SMILES string of the molecule is CC(=NO)C(NCC#N)c1cccc(C(F)(F)F)c1. The Morgan fingerprint density at radius 3 is 2.74 bits per heavy atom. The molecule has 19 heavy (non-hydrogen) atoms. The first-order valence-corrected chi connectivity index (χ1v) is 5.36. The van der Waals surface area contributed by atoms with E-state index in [-0.39, 0.29) is 17.8 Å². The smallest absolute Gasteiger partial charge is 0.411 e. The maximum Gasteiger partial charge on any atom is 0.416 e. The second kappa shape index (κ2) is 6.20. The van der Waals surface area contributed by atoms with E-state index in [0.717, 1.165) is 12.1 Å². The molecule has 4 nitrogen and oxygen atoms in total. The van der Waals surface area contributed by atoms with Gasteiger partial charge in [0.15, 0.2) is 0 Å². The summed E-state index contributed by atoms with van der Waals surface area (Å²) in [5.41, 5.74) is -0.338. The highest BCUT2D eigenvalue weighted by Gasteiger charge is 2.31. The highest BCUT2D eigenvalue weighted by Crippen LogP contribution is 2.30. The first-order valence-electron chi connectivity index (χ1n) is 5.36. The number of hydrogen-bond donors (Lipinski definition) is 2. The number of hydrogen-bond acceptors (Lipinski definition) is 4. The maximum absolute atomic E-state index is 12.6. The third-order valence-electron chi connectivity index (χ3n) is 2.51. The summed E-state index contributed by atoms with van der Waals surface area (Å²) in [6.45, 7) is 1.38. The Bertz CT molecular complexity index is 506. The summed E-state index contributed by atoms with van der Waals surface area (Å²) in [6, 6.07) is 5.73. The Hall–Kier alpha value is -2.07. The number of rotatable bonds is 4. The van der Waals surface area contributed by atoms with E-state index in [4.69, 9.17) is 10.5 Å². The van der Waals surface area contributed by atoms with Gasteiger partial charge in [-0.1, -0.05) is 17.3 Å². The van der Waals surface area contributed by atoms with Gasteiger partial charge in [-0.05, 0) is 24.6 Å². The van der Waals surface area contributed by atoms with Crippen LogP contribution < -0.4 is 5.32 Å². The van der Waals surface area contributed by atoms with Gasteiger partial charge in [0.2, 0.25) is 0 Å². The van der Waals surface area contributed by atoms with Crippen molar-refractivity contribution >= 4 is 5.71 Å². The molecule has 1 unspecified atom stereocenters. The minimum absolute atomic E-state index is 0.0756. The van der Waals surface area contributed by atoms with Crippen molar-refractivity contribution in [1.29, 1.82) is 5.26 Å². The van der Waals surface area contributed by atoms with Crippen molar-refractivity contribution < 1.29 is 18.4 Å². The van der Waals surface area contributed by atoms with Gasteiger partial charge < -0.3 is 5.21 Å². The zero-order valence-electron chi connectivity index (χ0n) is 10.1. The van der Waals surface area contributed by atoms with Crippen molar-refractivity contribution in [3.8, 4) is 6.07 Å². The molecule has 0 heterocycles. The summed E-state index contributed by atoms with van der Waals surface area (Å²) in [6.07, 6.45) is -4.44. The fourth-order valence-electron chi connectivity index (χ4n) is 1.61. The fraction of sp³-hybridized carbons (Fsp3) is 0.333. The molecule has 0 aliphatic heterocycles. The molecule has 102 valence electrons. The van der Waals surface area contributed by atoms with Gasteiger partial charge in [0.1, 0.15) is 0 Å². The summed E-state index contributed by atoms with van der Waals surface area (Å²) in [5.74, 6) is 0. The molecule has 0 aliphatic carbocycles. The molecule has 0 amide bonds. The summed E-state index contributed by atoms with van der Waals surface area (Å²) in [4.78, 5) is 0. The molecule has 0 aromatic heterocycles. The van der Waals surface area contributed by atoms with Crippen molar-refractivity contribution in [2.75, 3.05) is 6.54 Å². The second-order valence-corrected chi connectivity index (χ2v) is 3.84. The monoisotopic (exact) mass is 271 g/mol. The number of nitrogens with zero attached hydrogens (tertiary/aromatic N) is 2. The van der Waals surface area contributed by atoms with E-state index in [0.29, 0.717) is 0 Å². The Morgan fingerprint density at radius 2 is 2.21 bits per heavy atom. The Kier molecular flexibility index (Phi) is 4.89. The summed E-state index contributed by atoms with van der Waals surface area (Å²) in [5, 5.41) is 22.9. The van der Waals surface area contributed by atoms with Crippen LogP contribution in [0.1, 0.15) is 24.1 Å². The minimum atomic E-state index is -4.44. The zero-order valence-corrected chi connectivity index (χ0v) is 10.1. The van der Waals surface area contributed by atoms with E-state index in [1.807, 2.05) is 6.07 Å². The van der Waals surface area contributed by atoms with Crippen LogP contribution in [0, 0.1) is 11.3 Å². The van der Waals surface area contributed by atoms with Gasteiger partial charge in [0.05, 0.1) is 29.9 Å². The van der Waals surface area contributed by atoms with Crippen LogP contribution in [-0.2, 0) is 6.18 Å². The van der Waals surface area contributed by atoms with E-state index in [1.54, 1.807) is 0 Å². The predicted molar refractivity (Wildman–Crippen MR) is 62.7 cm³/mol. The van der Waals surface area contributed by atoms with Crippen molar-refractivity contribution in [2.45, 2.75) is 19.1 Å². The molecule has 1 aromatic rings. The average Bonchev–Trinajstić information content (AvgIpc) is 2.38. The van der Waals surface area contributed by atoms with Gasteiger partial charge in [0, 0.05) is 0 Å². The van der Waals surface area contributed by atoms with Gasteiger partial charge in [-0.2, -0.15) is 18.4 Å². The number of nitriles is 1. The Balaban J connectivity index is 3.13. The average molecular weight is 271 g/mol. The van der Waals surface area contributed by atoms with Crippen molar-refractivity contribution in [1.82, 2.24) is 5.32 Å². The van der Waals surface area contributed by atoms with Gasteiger partial charge >= 0.3 is 6.18 Å². The van der Waals surface area contributed by atoms with E-state index in [9.17, 15) is 13.2 Å². The van der Waals surface area contributed by atoms with Gasteiger partial charge in [-0.15, -0.1) is 0 Å². The molecule has 0 spiro atoms. The topological polar surface area (TPSA) is 68.4 Å². The van der Waals surface area contributed by atoms with Gasteiger partial charge in [-0.25, -0.2) is 0 Å². The van der Waals surface area contributed by atoms with Crippen LogP contribution in [0.2, 0.25) is 0 Å². The summed E-state index contributed by atoms with van der Waals surface area (Å²) < 4.78 is 37.8. The third kappa shape index (κ3) is 3.96. The molecule has 1 rings (SSSR count). The standard InChI is InChI=1S/C12H12F3N3O/c1-8(18-19)11(17-6-5-16)9-3-2-4-10(7-9)12(13,14)15/h2-4,7,11,17,19H,6H2,1H3. The summed E-state index contributed by atoms with van der Waals surface area (Å²) >= 11 is 0. The van der Waals surface area contributed by atoms with Crippen LogP contribution in [0.5, 0.6) is 0 Å². The van der Waals surface area contributed by atoms with E-state index in [2.05, 4.69) is 10.5 Å². The quantitative estimate of drug-likeness (QED) is 0.383. The molecule has 1 atom stereocenters. The predicted octanol–water partition coefficient (Wildman–Crippen LogP) is 2.71. The molecular weight excluding hydrogens is 259 g/mol. The first-order chi connectivity index (χ1) is 8.90. The van der Waals surface area contributed by atoms with Crippen LogP contribution in [0.3, 0.4) is 0 Å². The lowest BCUT2D eigenvalue weighted by molar-refractivity contribution is -0.137.